The highest BCUT2D eigenvalue weighted by molar-refractivity contribution is 5.60. The van der Waals surface area contributed by atoms with Crippen LogP contribution >= 0.6 is 0 Å². The van der Waals surface area contributed by atoms with Gasteiger partial charge in [0, 0.05) is 0 Å². The van der Waals surface area contributed by atoms with Crippen LogP contribution in [0.25, 0.3) is 0 Å². The number of hydrogen-bond donors (Lipinski definition) is 3. The zero-order valence-corrected chi connectivity index (χ0v) is 48.9. The van der Waals surface area contributed by atoms with Crippen LogP contribution in [0.1, 0.15) is 302 Å². The topological polar surface area (TPSA) is 60.7 Å². The van der Waals surface area contributed by atoms with E-state index in [0.717, 1.165) is 108 Å². The molecule has 0 aliphatic heterocycles. The minimum atomic E-state index is -1.01. The normalized spacial score (nSPS) is 14.7. The molecule has 0 fully saturated rings. The van der Waals surface area contributed by atoms with Crippen molar-refractivity contribution in [3.05, 3.63) is 137 Å². The molecule has 69 heavy (non-hydrogen) atoms. The molecule has 0 aliphatic rings. The van der Waals surface area contributed by atoms with E-state index in [1.54, 1.807) is 0 Å². The number of rotatable bonds is 15. The summed E-state index contributed by atoms with van der Waals surface area (Å²) in [5, 5.41) is 40.0. The molecule has 3 N–H and O–H groups in total. The molecule has 0 amide bonds. The predicted octanol–water partition coefficient (Wildman–Crippen LogP) is 17.7. The van der Waals surface area contributed by atoms with E-state index >= 15 is 0 Å². The molecule has 0 spiro atoms. The third-order valence-electron chi connectivity index (χ3n) is 15.2. The van der Waals surface area contributed by atoms with Gasteiger partial charge in [0.25, 0.3) is 0 Å². The van der Waals surface area contributed by atoms with E-state index in [4.69, 9.17) is 0 Å². The summed E-state index contributed by atoms with van der Waals surface area (Å²) in [5.74, 6) is 0. The Balaban J connectivity index is 2.27. The predicted molar refractivity (Wildman–Crippen MR) is 300 cm³/mol. The highest BCUT2D eigenvalue weighted by atomic mass is 16.3. The Labute approximate surface area is 424 Å². The summed E-state index contributed by atoms with van der Waals surface area (Å²) in [6.07, 6.45) is 6.61. The molecule has 4 aromatic rings. The molecule has 3 atom stereocenters. The number of aliphatic hydroxyl groups excluding tert-OH is 3. The Hall–Kier alpha value is -3.24. The standard InChI is InChI=1S/C66H102O3/c1-25-28-31-46-49(61(7,8)9)34-43(35-50(46)62(10,11)12)58(67)55-40(4)56(59(68)44-36-51(63(13,14)15)47(32-29-26-2)52(37-44)64(16,17)18)42(6)57(41(55)5)60(69)45-38-53(65(19,20)21)48(33-30-27-3)54(39-45)66(22,23)24/h34-39,58-60,67-69H,25-33H2,1-24H3. The van der Waals surface area contributed by atoms with Gasteiger partial charge in [0.2, 0.25) is 0 Å². The molecule has 0 saturated carbocycles. The maximum atomic E-state index is 13.3. The number of hydrogen-bond acceptors (Lipinski definition) is 3. The second kappa shape index (κ2) is 21.5. The first-order valence-electron chi connectivity index (χ1n) is 27.2. The zero-order chi connectivity index (χ0) is 52.7. The van der Waals surface area contributed by atoms with Gasteiger partial charge in [0.1, 0.15) is 18.3 Å². The number of benzene rings is 4. The first-order chi connectivity index (χ1) is 31.4. The monoisotopic (exact) mass is 943 g/mol. The maximum Gasteiger partial charge on any atom is 0.105 e. The van der Waals surface area contributed by atoms with E-state index < -0.39 is 18.3 Å². The van der Waals surface area contributed by atoms with Crippen molar-refractivity contribution in [2.75, 3.05) is 0 Å². The molecule has 0 radical (unpaired) electrons. The van der Waals surface area contributed by atoms with Crippen LogP contribution in [0.15, 0.2) is 36.4 Å². The molecule has 0 heterocycles. The minimum absolute atomic E-state index is 0.156. The van der Waals surface area contributed by atoms with E-state index in [1.165, 1.54) is 50.1 Å². The summed E-state index contributed by atoms with van der Waals surface area (Å²) in [6, 6.07) is 13.6. The number of unbranched alkanes of at least 4 members (excludes halogenated alkanes) is 3. The highest BCUT2D eigenvalue weighted by Crippen LogP contribution is 2.47. The first kappa shape index (κ1) is 58.3. The van der Waals surface area contributed by atoms with Gasteiger partial charge in [-0.1, -0.05) is 201 Å². The SMILES string of the molecule is CCCCc1c(C(C)(C)C)cc(C(O)c2c(C)c(C(O)c3cc(C(C)(C)C)c(CCCC)c(C(C)(C)C)c3)c(C)c(C(O)c3cc(C(C)(C)C)c(CCCC)c(C(C)(C)C)c3)c2C)cc1C(C)(C)C. The lowest BCUT2D eigenvalue weighted by Gasteiger charge is -2.35. The summed E-state index contributed by atoms with van der Waals surface area (Å²) in [7, 11) is 0. The summed E-state index contributed by atoms with van der Waals surface area (Å²) in [4.78, 5) is 0. The van der Waals surface area contributed by atoms with E-state index in [1.807, 2.05) is 0 Å². The van der Waals surface area contributed by atoms with Crippen molar-refractivity contribution in [2.45, 2.75) is 275 Å². The van der Waals surface area contributed by atoms with E-state index in [-0.39, 0.29) is 32.5 Å². The van der Waals surface area contributed by atoms with Crippen molar-refractivity contribution in [3.8, 4) is 0 Å². The Morgan fingerprint density at radius 2 is 0.478 bits per heavy atom. The van der Waals surface area contributed by atoms with Crippen molar-refractivity contribution in [1.29, 1.82) is 0 Å². The van der Waals surface area contributed by atoms with Gasteiger partial charge < -0.3 is 15.3 Å². The van der Waals surface area contributed by atoms with Crippen LogP contribution in [0, 0.1) is 20.8 Å². The van der Waals surface area contributed by atoms with Crippen LogP contribution in [0.3, 0.4) is 0 Å². The Kier molecular flexibility index (Phi) is 18.1. The Bertz CT molecular complexity index is 2020. The van der Waals surface area contributed by atoms with Gasteiger partial charge in [-0.15, -0.1) is 0 Å². The van der Waals surface area contributed by atoms with Crippen LogP contribution < -0.4 is 0 Å². The summed E-state index contributed by atoms with van der Waals surface area (Å²) in [5.41, 5.74) is 18.4. The minimum Gasteiger partial charge on any atom is -0.384 e. The average molecular weight is 944 g/mol. The van der Waals surface area contributed by atoms with Crippen molar-refractivity contribution in [2.24, 2.45) is 0 Å². The van der Waals surface area contributed by atoms with Crippen molar-refractivity contribution in [3.63, 3.8) is 0 Å². The van der Waals surface area contributed by atoms with E-state index in [9.17, 15) is 15.3 Å². The van der Waals surface area contributed by atoms with Crippen LogP contribution in [0.4, 0.5) is 0 Å². The zero-order valence-electron chi connectivity index (χ0n) is 48.9. The second-order valence-electron chi connectivity index (χ2n) is 27.4. The second-order valence-corrected chi connectivity index (χ2v) is 27.4. The summed E-state index contributed by atoms with van der Waals surface area (Å²) < 4.78 is 0. The molecule has 3 heteroatoms. The lowest BCUT2D eigenvalue weighted by atomic mass is 9.71. The fourth-order valence-electron chi connectivity index (χ4n) is 11.4. The van der Waals surface area contributed by atoms with Crippen molar-refractivity contribution >= 4 is 0 Å². The molecule has 4 aromatic carbocycles. The molecule has 0 bridgehead atoms. The Morgan fingerprint density at radius 1 is 0.319 bits per heavy atom. The quantitative estimate of drug-likeness (QED) is 0.111. The molecular weight excluding hydrogens is 841 g/mol. The van der Waals surface area contributed by atoms with E-state index in [2.05, 4.69) is 203 Å². The van der Waals surface area contributed by atoms with Crippen molar-refractivity contribution in [1.82, 2.24) is 0 Å². The smallest absolute Gasteiger partial charge is 0.105 e. The van der Waals surface area contributed by atoms with Gasteiger partial charge in [0.15, 0.2) is 0 Å². The van der Waals surface area contributed by atoms with Crippen LogP contribution in [-0.4, -0.2) is 15.3 Å². The lowest BCUT2D eigenvalue weighted by Crippen LogP contribution is -2.24. The molecule has 0 saturated heterocycles. The fourth-order valence-corrected chi connectivity index (χ4v) is 11.4. The average Bonchev–Trinajstić information content (AvgIpc) is 3.20. The number of aliphatic hydroxyl groups is 3. The summed E-state index contributed by atoms with van der Waals surface area (Å²) >= 11 is 0. The van der Waals surface area contributed by atoms with Crippen LogP contribution in [0.2, 0.25) is 0 Å². The molecular formula is C66H102O3. The lowest BCUT2D eigenvalue weighted by molar-refractivity contribution is 0.203. The van der Waals surface area contributed by atoms with Crippen LogP contribution in [0.5, 0.6) is 0 Å². The molecule has 3 unspecified atom stereocenters. The van der Waals surface area contributed by atoms with Crippen LogP contribution in [-0.2, 0) is 51.8 Å². The van der Waals surface area contributed by atoms with Gasteiger partial charge in [-0.25, -0.2) is 0 Å². The van der Waals surface area contributed by atoms with Crippen molar-refractivity contribution < 1.29 is 15.3 Å². The van der Waals surface area contributed by atoms with E-state index in [0.29, 0.717) is 0 Å². The third-order valence-corrected chi connectivity index (χ3v) is 15.2. The fraction of sp³-hybridized carbons (Fsp3) is 0.636. The highest BCUT2D eigenvalue weighted by Gasteiger charge is 2.36. The summed E-state index contributed by atoms with van der Waals surface area (Å²) in [6.45, 7) is 54.4. The van der Waals surface area contributed by atoms with Gasteiger partial charge in [-0.3, -0.25) is 0 Å². The van der Waals surface area contributed by atoms with Gasteiger partial charge >= 0.3 is 0 Å². The molecule has 4 rings (SSSR count). The van der Waals surface area contributed by atoms with Gasteiger partial charge in [-0.05, 0) is 192 Å². The van der Waals surface area contributed by atoms with Gasteiger partial charge in [-0.2, -0.15) is 0 Å². The molecule has 3 nitrogen and oxygen atoms in total. The molecule has 384 valence electrons. The maximum absolute atomic E-state index is 13.3. The Morgan fingerprint density at radius 3 is 0.609 bits per heavy atom. The third kappa shape index (κ3) is 12.9. The van der Waals surface area contributed by atoms with Gasteiger partial charge in [0.05, 0.1) is 0 Å². The first-order valence-corrected chi connectivity index (χ1v) is 27.2. The largest absolute Gasteiger partial charge is 0.384 e. The molecule has 0 aromatic heterocycles. The molecule has 0 aliphatic carbocycles.